The molecule has 0 amide bonds. The SMILES string of the molecule is CC1(C)COC(Cn2cc(-c3cn(-c4ccccc4)nn3)nn2)OC1. The van der Waals surface area contributed by atoms with Crippen LogP contribution >= 0.6 is 0 Å². The zero-order chi connectivity index (χ0) is 17.3. The molecule has 25 heavy (non-hydrogen) atoms. The van der Waals surface area contributed by atoms with Crippen LogP contribution < -0.4 is 0 Å². The maximum atomic E-state index is 5.73. The van der Waals surface area contributed by atoms with E-state index in [4.69, 9.17) is 9.47 Å². The third kappa shape index (κ3) is 3.59. The van der Waals surface area contributed by atoms with Gasteiger partial charge in [0.2, 0.25) is 0 Å². The van der Waals surface area contributed by atoms with E-state index in [0.717, 1.165) is 5.69 Å². The van der Waals surface area contributed by atoms with E-state index < -0.39 is 0 Å². The van der Waals surface area contributed by atoms with Gasteiger partial charge in [0.25, 0.3) is 0 Å². The molecule has 8 heteroatoms. The second-order valence-corrected chi connectivity index (χ2v) is 6.93. The molecule has 0 bridgehead atoms. The molecule has 0 spiro atoms. The van der Waals surface area contributed by atoms with E-state index in [1.54, 1.807) is 9.36 Å². The standard InChI is InChI=1S/C17H20N6O2/c1-17(2)11-24-16(25-12-17)10-22-8-14(18-20-22)15-9-23(21-19-15)13-6-4-3-5-7-13/h3-9,16H,10-12H2,1-2H3. The van der Waals surface area contributed by atoms with Crippen LogP contribution in [0.25, 0.3) is 17.1 Å². The highest BCUT2D eigenvalue weighted by Gasteiger charge is 2.28. The van der Waals surface area contributed by atoms with Crippen LogP contribution in [0.3, 0.4) is 0 Å². The third-order valence-corrected chi connectivity index (χ3v) is 3.97. The number of hydrogen-bond acceptors (Lipinski definition) is 6. The summed E-state index contributed by atoms with van der Waals surface area (Å²) in [6, 6.07) is 9.81. The number of rotatable bonds is 4. The van der Waals surface area contributed by atoms with Crippen molar-refractivity contribution in [1.82, 2.24) is 30.0 Å². The highest BCUT2D eigenvalue weighted by Crippen LogP contribution is 2.23. The van der Waals surface area contributed by atoms with Crippen LogP contribution in [0.4, 0.5) is 0 Å². The van der Waals surface area contributed by atoms with Crippen molar-refractivity contribution in [2.24, 2.45) is 5.41 Å². The van der Waals surface area contributed by atoms with Crippen LogP contribution in [-0.4, -0.2) is 49.5 Å². The van der Waals surface area contributed by atoms with E-state index in [0.29, 0.717) is 31.1 Å². The van der Waals surface area contributed by atoms with Crippen molar-refractivity contribution in [2.45, 2.75) is 26.7 Å². The minimum atomic E-state index is -0.303. The zero-order valence-electron chi connectivity index (χ0n) is 14.2. The first kappa shape index (κ1) is 15.9. The second-order valence-electron chi connectivity index (χ2n) is 6.93. The van der Waals surface area contributed by atoms with Crippen LogP contribution in [0, 0.1) is 5.41 Å². The molecule has 0 aliphatic carbocycles. The highest BCUT2D eigenvalue weighted by atomic mass is 16.7. The van der Waals surface area contributed by atoms with Gasteiger partial charge in [-0.15, -0.1) is 10.2 Å². The summed E-state index contributed by atoms with van der Waals surface area (Å²) in [4.78, 5) is 0. The van der Waals surface area contributed by atoms with E-state index in [2.05, 4.69) is 34.5 Å². The Bertz CT molecular complexity index is 832. The van der Waals surface area contributed by atoms with Crippen molar-refractivity contribution in [1.29, 1.82) is 0 Å². The Labute approximate surface area is 145 Å². The first-order valence-corrected chi connectivity index (χ1v) is 8.21. The lowest BCUT2D eigenvalue weighted by Crippen LogP contribution is -2.39. The van der Waals surface area contributed by atoms with Gasteiger partial charge in [0, 0.05) is 5.41 Å². The number of hydrogen-bond donors (Lipinski definition) is 0. The van der Waals surface area contributed by atoms with Crippen LogP contribution in [0.15, 0.2) is 42.7 Å². The summed E-state index contributed by atoms with van der Waals surface area (Å²) >= 11 is 0. The fraction of sp³-hybridized carbons (Fsp3) is 0.412. The quantitative estimate of drug-likeness (QED) is 0.722. The van der Waals surface area contributed by atoms with Gasteiger partial charge in [0.05, 0.1) is 37.8 Å². The van der Waals surface area contributed by atoms with Gasteiger partial charge in [0.1, 0.15) is 11.4 Å². The topological polar surface area (TPSA) is 79.9 Å². The summed E-state index contributed by atoms with van der Waals surface area (Å²) < 4.78 is 14.9. The first-order valence-electron chi connectivity index (χ1n) is 8.21. The number of aromatic nitrogens is 6. The molecular weight excluding hydrogens is 320 g/mol. The summed E-state index contributed by atoms with van der Waals surface area (Å²) in [6.45, 7) is 6.07. The van der Waals surface area contributed by atoms with Crippen molar-refractivity contribution in [3.05, 3.63) is 42.7 Å². The normalized spacial score (nSPS) is 17.7. The van der Waals surface area contributed by atoms with Gasteiger partial charge in [0.15, 0.2) is 6.29 Å². The van der Waals surface area contributed by atoms with Crippen molar-refractivity contribution in [3.63, 3.8) is 0 Å². The maximum Gasteiger partial charge on any atom is 0.177 e. The summed E-state index contributed by atoms with van der Waals surface area (Å²) in [6.07, 6.45) is 3.36. The Morgan fingerprint density at radius 1 is 1.00 bits per heavy atom. The number of nitrogens with zero attached hydrogens (tertiary/aromatic N) is 6. The molecule has 4 rings (SSSR count). The van der Waals surface area contributed by atoms with Crippen molar-refractivity contribution >= 4 is 0 Å². The molecule has 1 fully saturated rings. The molecule has 2 aromatic heterocycles. The van der Waals surface area contributed by atoms with E-state index in [1.165, 1.54) is 0 Å². The molecule has 3 heterocycles. The Hall–Kier alpha value is -2.58. The Kier molecular flexibility index (Phi) is 4.06. The molecule has 1 saturated heterocycles. The lowest BCUT2D eigenvalue weighted by Gasteiger charge is -2.34. The zero-order valence-corrected chi connectivity index (χ0v) is 14.2. The van der Waals surface area contributed by atoms with Gasteiger partial charge < -0.3 is 9.47 Å². The molecule has 1 aromatic carbocycles. The molecule has 0 unspecified atom stereocenters. The van der Waals surface area contributed by atoms with Crippen molar-refractivity contribution < 1.29 is 9.47 Å². The predicted molar refractivity (Wildman–Crippen MR) is 89.8 cm³/mol. The second kappa shape index (κ2) is 6.38. The van der Waals surface area contributed by atoms with Crippen molar-refractivity contribution in [3.8, 4) is 17.1 Å². The Morgan fingerprint density at radius 3 is 2.44 bits per heavy atom. The average Bonchev–Trinajstić information content (AvgIpc) is 3.27. The molecule has 0 atom stereocenters. The van der Waals surface area contributed by atoms with Crippen LogP contribution in [0.1, 0.15) is 13.8 Å². The summed E-state index contributed by atoms with van der Waals surface area (Å²) in [5.74, 6) is 0. The van der Waals surface area contributed by atoms with Gasteiger partial charge in [-0.2, -0.15) is 0 Å². The highest BCUT2D eigenvalue weighted by molar-refractivity contribution is 5.51. The Morgan fingerprint density at radius 2 is 1.68 bits per heavy atom. The summed E-state index contributed by atoms with van der Waals surface area (Å²) in [5.41, 5.74) is 2.33. The molecule has 0 radical (unpaired) electrons. The van der Waals surface area contributed by atoms with Gasteiger partial charge in [-0.25, -0.2) is 9.36 Å². The van der Waals surface area contributed by atoms with Gasteiger partial charge in [-0.05, 0) is 12.1 Å². The summed E-state index contributed by atoms with van der Waals surface area (Å²) in [7, 11) is 0. The van der Waals surface area contributed by atoms with Crippen LogP contribution in [0.5, 0.6) is 0 Å². The molecule has 0 saturated carbocycles. The fourth-order valence-corrected chi connectivity index (χ4v) is 2.58. The van der Waals surface area contributed by atoms with E-state index in [-0.39, 0.29) is 11.7 Å². The number of benzene rings is 1. The lowest BCUT2D eigenvalue weighted by molar-refractivity contribution is -0.227. The predicted octanol–water partition coefficient (Wildman–Crippen LogP) is 1.92. The smallest absolute Gasteiger partial charge is 0.177 e. The third-order valence-electron chi connectivity index (χ3n) is 3.97. The van der Waals surface area contributed by atoms with E-state index in [9.17, 15) is 0 Å². The average molecular weight is 340 g/mol. The monoisotopic (exact) mass is 340 g/mol. The molecule has 3 aromatic rings. The van der Waals surface area contributed by atoms with E-state index >= 15 is 0 Å². The Balaban J connectivity index is 1.44. The molecule has 8 nitrogen and oxygen atoms in total. The molecule has 130 valence electrons. The molecular formula is C17H20N6O2. The van der Waals surface area contributed by atoms with Gasteiger partial charge >= 0.3 is 0 Å². The number of ether oxygens (including phenoxy) is 2. The van der Waals surface area contributed by atoms with Crippen LogP contribution in [0.2, 0.25) is 0 Å². The maximum absolute atomic E-state index is 5.73. The molecule has 1 aliphatic heterocycles. The van der Waals surface area contributed by atoms with Gasteiger partial charge in [-0.1, -0.05) is 42.5 Å². The van der Waals surface area contributed by atoms with Crippen LogP contribution in [-0.2, 0) is 16.0 Å². The summed E-state index contributed by atoms with van der Waals surface area (Å²) in [5, 5.41) is 16.6. The number of para-hydroxylation sites is 1. The van der Waals surface area contributed by atoms with Gasteiger partial charge in [-0.3, -0.25) is 0 Å². The van der Waals surface area contributed by atoms with E-state index in [1.807, 2.05) is 42.7 Å². The largest absolute Gasteiger partial charge is 0.350 e. The fourth-order valence-electron chi connectivity index (χ4n) is 2.58. The lowest BCUT2D eigenvalue weighted by atomic mass is 9.96. The minimum absolute atomic E-state index is 0.0555. The molecule has 0 N–H and O–H groups in total. The minimum Gasteiger partial charge on any atom is -0.350 e. The first-order chi connectivity index (χ1) is 12.1. The molecule has 1 aliphatic rings. The van der Waals surface area contributed by atoms with Crippen molar-refractivity contribution in [2.75, 3.05) is 13.2 Å².